The molecule has 0 spiro atoms. The number of hydrogen-bond donors (Lipinski definition) is 1. The molecular weight excluding hydrogens is 346 g/mol. The maximum Gasteiger partial charge on any atom is 0.354 e. The van der Waals surface area contributed by atoms with Crippen molar-refractivity contribution in [2.75, 3.05) is 19.5 Å². The van der Waals surface area contributed by atoms with Gasteiger partial charge in [0.15, 0.2) is 9.84 Å². The fourth-order valence-electron chi connectivity index (χ4n) is 2.73. The molecule has 1 saturated carbocycles. The Bertz CT molecular complexity index is 778. The number of carbonyl (C=O) groups is 2. The zero-order valence-electron chi connectivity index (χ0n) is 14.2. The number of benzene rings is 1. The molecule has 7 nitrogen and oxygen atoms in total. The predicted octanol–water partition coefficient (Wildman–Crippen LogP) is 2.04. The van der Waals surface area contributed by atoms with Gasteiger partial charge in [-0.25, -0.2) is 18.0 Å². The van der Waals surface area contributed by atoms with Gasteiger partial charge in [-0.15, -0.1) is 0 Å². The Kier molecular flexibility index (Phi) is 6.19. The minimum atomic E-state index is -3.42. The molecule has 1 aromatic carbocycles. The lowest BCUT2D eigenvalue weighted by atomic mass is 10.3. The van der Waals surface area contributed by atoms with Crippen molar-refractivity contribution in [1.82, 2.24) is 0 Å². The number of carbonyl (C=O) groups excluding carboxylic acids is 2. The van der Waals surface area contributed by atoms with Crippen molar-refractivity contribution in [3.63, 3.8) is 0 Å². The minimum Gasteiger partial charge on any atom is -0.466 e. The summed E-state index contributed by atoms with van der Waals surface area (Å²) in [5.74, 6) is -1.50. The van der Waals surface area contributed by atoms with Crippen LogP contribution < -0.4 is 5.32 Å². The van der Waals surface area contributed by atoms with Gasteiger partial charge in [-0.05, 0) is 31.0 Å². The molecule has 0 amide bonds. The maximum absolute atomic E-state index is 12.7. The molecule has 0 heterocycles. The first-order valence-corrected chi connectivity index (χ1v) is 9.42. The van der Waals surface area contributed by atoms with Gasteiger partial charge in [0.1, 0.15) is 5.70 Å². The van der Waals surface area contributed by atoms with E-state index < -0.39 is 21.8 Å². The Hall–Kier alpha value is -2.35. The number of esters is 2. The summed E-state index contributed by atoms with van der Waals surface area (Å²) >= 11 is 0. The number of methoxy groups -OCH3 is 2. The number of ether oxygens (including phenoxy) is 2. The predicted molar refractivity (Wildman–Crippen MR) is 91.6 cm³/mol. The Morgan fingerprint density at radius 1 is 1.16 bits per heavy atom. The molecule has 0 saturated heterocycles. The highest BCUT2D eigenvalue weighted by atomic mass is 32.2. The van der Waals surface area contributed by atoms with Crippen LogP contribution in [0.3, 0.4) is 0 Å². The Morgan fingerprint density at radius 3 is 2.44 bits per heavy atom. The molecule has 0 aliphatic heterocycles. The number of hydrogen-bond acceptors (Lipinski definition) is 7. The molecule has 0 atom stereocenters. The first kappa shape index (κ1) is 19.0. The van der Waals surface area contributed by atoms with Crippen molar-refractivity contribution in [3.8, 4) is 0 Å². The van der Waals surface area contributed by atoms with Crippen LogP contribution in [0.4, 0.5) is 5.69 Å². The van der Waals surface area contributed by atoms with Crippen LogP contribution in [0.2, 0.25) is 0 Å². The summed E-state index contributed by atoms with van der Waals surface area (Å²) in [7, 11) is -1.06. The molecule has 0 bridgehead atoms. The van der Waals surface area contributed by atoms with E-state index in [0.29, 0.717) is 18.5 Å². The van der Waals surface area contributed by atoms with E-state index in [1.807, 2.05) is 0 Å². The molecular formula is C17H21NO6S. The van der Waals surface area contributed by atoms with E-state index in [2.05, 4.69) is 14.8 Å². The van der Waals surface area contributed by atoms with Gasteiger partial charge in [-0.2, -0.15) is 0 Å². The van der Waals surface area contributed by atoms with Gasteiger partial charge >= 0.3 is 11.9 Å². The fourth-order valence-corrected chi connectivity index (χ4v) is 4.63. The van der Waals surface area contributed by atoms with Crippen molar-refractivity contribution in [1.29, 1.82) is 0 Å². The van der Waals surface area contributed by atoms with Gasteiger partial charge in [-0.3, -0.25) is 0 Å². The van der Waals surface area contributed by atoms with Gasteiger partial charge in [0.05, 0.1) is 30.4 Å². The normalized spacial score (nSPS) is 15.7. The van der Waals surface area contributed by atoms with E-state index in [9.17, 15) is 18.0 Å². The lowest BCUT2D eigenvalue weighted by molar-refractivity contribution is -0.138. The van der Waals surface area contributed by atoms with Gasteiger partial charge in [-0.1, -0.05) is 18.9 Å². The van der Waals surface area contributed by atoms with Gasteiger partial charge in [0, 0.05) is 5.69 Å². The summed E-state index contributed by atoms with van der Waals surface area (Å²) in [6.45, 7) is 0. The number of nitrogens with one attached hydrogen (secondary N) is 1. The topological polar surface area (TPSA) is 98.8 Å². The smallest absolute Gasteiger partial charge is 0.354 e. The van der Waals surface area contributed by atoms with E-state index in [-0.39, 0.29) is 15.8 Å². The van der Waals surface area contributed by atoms with Gasteiger partial charge in [0.25, 0.3) is 0 Å². The highest BCUT2D eigenvalue weighted by Crippen LogP contribution is 2.30. The van der Waals surface area contributed by atoms with Crippen LogP contribution in [-0.2, 0) is 28.9 Å². The average molecular weight is 367 g/mol. The average Bonchev–Trinajstić information content (AvgIpc) is 3.16. The van der Waals surface area contributed by atoms with Crippen LogP contribution in [0.15, 0.2) is 40.9 Å². The molecule has 1 aromatic rings. The lowest BCUT2D eigenvalue weighted by Crippen LogP contribution is -2.18. The molecule has 8 heteroatoms. The largest absolute Gasteiger partial charge is 0.466 e. The van der Waals surface area contributed by atoms with E-state index in [0.717, 1.165) is 18.9 Å². The standard InChI is InChI=1S/C17H21NO6S/c1-23-16(19)11-15(17(20)24-2)18-12-6-5-9-14(10-12)25(21,22)13-7-3-4-8-13/h5-6,9-11,13,18H,3-4,7-8H2,1-2H3/b15-11+. The van der Waals surface area contributed by atoms with Crippen molar-refractivity contribution < 1.29 is 27.5 Å². The van der Waals surface area contributed by atoms with Gasteiger partial charge in [0.2, 0.25) is 0 Å². The fraction of sp³-hybridized carbons (Fsp3) is 0.412. The SMILES string of the molecule is COC(=O)/C=C(/Nc1cccc(S(=O)(=O)C2CCCC2)c1)C(=O)OC. The molecule has 2 rings (SSSR count). The van der Waals surface area contributed by atoms with Crippen molar-refractivity contribution >= 4 is 27.5 Å². The third-order valence-corrected chi connectivity index (χ3v) is 6.31. The van der Waals surface area contributed by atoms with E-state index in [1.54, 1.807) is 12.1 Å². The highest BCUT2D eigenvalue weighted by Gasteiger charge is 2.30. The summed E-state index contributed by atoms with van der Waals surface area (Å²) in [6.07, 6.45) is 4.10. The second-order valence-electron chi connectivity index (χ2n) is 5.68. The molecule has 1 N–H and O–H groups in total. The second kappa shape index (κ2) is 8.15. The van der Waals surface area contributed by atoms with Crippen molar-refractivity contribution in [3.05, 3.63) is 36.0 Å². The Balaban J connectivity index is 2.29. The second-order valence-corrected chi connectivity index (χ2v) is 7.91. The number of rotatable bonds is 6. The zero-order valence-corrected chi connectivity index (χ0v) is 15.0. The summed E-state index contributed by atoms with van der Waals surface area (Å²) in [5.41, 5.74) is 0.212. The quantitative estimate of drug-likeness (QED) is 0.607. The highest BCUT2D eigenvalue weighted by molar-refractivity contribution is 7.92. The summed E-state index contributed by atoms with van der Waals surface area (Å²) in [4.78, 5) is 23.4. The molecule has 1 fully saturated rings. The molecule has 1 aliphatic rings. The van der Waals surface area contributed by atoms with Crippen LogP contribution in [0.5, 0.6) is 0 Å². The van der Waals surface area contributed by atoms with Crippen LogP contribution in [0.25, 0.3) is 0 Å². The first-order chi connectivity index (χ1) is 11.9. The van der Waals surface area contributed by atoms with E-state index >= 15 is 0 Å². The summed E-state index contributed by atoms with van der Waals surface area (Å²) in [5, 5.41) is 2.35. The number of anilines is 1. The van der Waals surface area contributed by atoms with Crippen LogP contribution in [0, 0.1) is 0 Å². The summed E-state index contributed by atoms with van der Waals surface area (Å²) < 4.78 is 34.5. The maximum atomic E-state index is 12.7. The van der Waals surface area contributed by atoms with E-state index in [1.165, 1.54) is 26.4 Å². The third kappa shape index (κ3) is 4.60. The van der Waals surface area contributed by atoms with Crippen molar-refractivity contribution in [2.45, 2.75) is 35.8 Å². The van der Waals surface area contributed by atoms with Crippen molar-refractivity contribution in [2.24, 2.45) is 0 Å². The minimum absolute atomic E-state index is 0.148. The molecule has 0 radical (unpaired) electrons. The van der Waals surface area contributed by atoms with Gasteiger partial charge < -0.3 is 14.8 Å². The molecule has 136 valence electrons. The number of sulfone groups is 1. The Labute approximate surface area is 146 Å². The van der Waals surface area contributed by atoms with Crippen LogP contribution >= 0.6 is 0 Å². The first-order valence-electron chi connectivity index (χ1n) is 7.87. The monoisotopic (exact) mass is 367 g/mol. The molecule has 1 aliphatic carbocycles. The van der Waals surface area contributed by atoms with E-state index in [4.69, 9.17) is 0 Å². The van der Waals surface area contributed by atoms with Crippen LogP contribution in [0.1, 0.15) is 25.7 Å². The molecule has 0 unspecified atom stereocenters. The lowest BCUT2D eigenvalue weighted by Gasteiger charge is -2.13. The van der Waals surface area contributed by atoms with Crippen LogP contribution in [-0.4, -0.2) is 39.8 Å². The molecule has 25 heavy (non-hydrogen) atoms. The zero-order chi connectivity index (χ0) is 18.4. The molecule has 0 aromatic heterocycles. The third-order valence-electron chi connectivity index (χ3n) is 4.05. The Morgan fingerprint density at radius 2 is 1.84 bits per heavy atom. The summed E-state index contributed by atoms with van der Waals surface area (Å²) in [6, 6.07) is 6.15.